The first-order valence-corrected chi connectivity index (χ1v) is 9.06. The Morgan fingerprint density at radius 1 is 1.22 bits per heavy atom. The van der Waals surface area contributed by atoms with Crippen LogP contribution in [0, 0.1) is 5.92 Å². The summed E-state index contributed by atoms with van der Waals surface area (Å²) in [6.07, 6.45) is 6.85. The second kappa shape index (κ2) is 7.56. The van der Waals surface area contributed by atoms with Gasteiger partial charge in [0.2, 0.25) is 11.9 Å². The molecule has 0 aromatic carbocycles. The molecular formula is C18H21N7O2. The fourth-order valence-corrected chi connectivity index (χ4v) is 3.37. The number of hydrogen-bond acceptors (Lipinski definition) is 6. The first kappa shape index (κ1) is 17.2. The smallest absolute Gasteiger partial charge is 0.350 e. The van der Waals surface area contributed by atoms with Gasteiger partial charge in [0.15, 0.2) is 5.65 Å². The number of anilines is 1. The lowest BCUT2D eigenvalue weighted by Gasteiger charge is -2.31. The molecule has 1 fully saturated rings. The summed E-state index contributed by atoms with van der Waals surface area (Å²) in [5.41, 5.74) is 0.393. The van der Waals surface area contributed by atoms with Crippen molar-refractivity contribution in [1.29, 1.82) is 0 Å². The van der Waals surface area contributed by atoms with Gasteiger partial charge in [-0.3, -0.25) is 9.20 Å². The predicted octanol–water partition coefficient (Wildman–Crippen LogP) is 0.319. The van der Waals surface area contributed by atoms with Gasteiger partial charge in [0.05, 0.1) is 12.5 Å². The van der Waals surface area contributed by atoms with E-state index in [0.29, 0.717) is 31.2 Å². The van der Waals surface area contributed by atoms with E-state index >= 15 is 0 Å². The highest BCUT2D eigenvalue weighted by Gasteiger charge is 2.26. The number of amides is 1. The Morgan fingerprint density at radius 2 is 2.07 bits per heavy atom. The van der Waals surface area contributed by atoms with Crippen LogP contribution in [-0.2, 0) is 11.3 Å². The molecule has 0 radical (unpaired) electrons. The number of carbonyl (C=O) groups is 1. The Labute approximate surface area is 155 Å². The topological polar surface area (TPSA) is 97.4 Å². The molecule has 0 aliphatic carbocycles. The third-order valence-electron chi connectivity index (χ3n) is 4.74. The summed E-state index contributed by atoms with van der Waals surface area (Å²) < 4.78 is 2.86. The van der Waals surface area contributed by atoms with Crippen LogP contribution >= 0.6 is 0 Å². The molecule has 1 N–H and O–H groups in total. The van der Waals surface area contributed by atoms with Crippen LogP contribution in [0.15, 0.2) is 47.7 Å². The maximum absolute atomic E-state index is 12.5. The molecule has 1 amide bonds. The quantitative estimate of drug-likeness (QED) is 0.697. The van der Waals surface area contributed by atoms with Crippen molar-refractivity contribution in [2.75, 3.05) is 24.5 Å². The van der Waals surface area contributed by atoms with E-state index in [0.717, 1.165) is 19.4 Å². The number of nitrogens with zero attached hydrogens (tertiary/aromatic N) is 6. The fraction of sp³-hybridized carbons (Fsp3) is 0.389. The molecule has 3 aromatic heterocycles. The Balaban J connectivity index is 1.33. The summed E-state index contributed by atoms with van der Waals surface area (Å²) in [4.78, 5) is 35.3. The first-order chi connectivity index (χ1) is 13.2. The third-order valence-corrected chi connectivity index (χ3v) is 4.74. The van der Waals surface area contributed by atoms with E-state index in [4.69, 9.17) is 0 Å². The van der Waals surface area contributed by atoms with Crippen LogP contribution in [0.2, 0.25) is 0 Å². The van der Waals surface area contributed by atoms with Crippen LogP contribution in [0.5, 0.6) is 0 Å². The molecule has 0 saturated carbocycles. The number of aromatic nitrogens is 5. The maximum Gasteiger partial charge on any atom is 0.350 e. The van der Waals surface area contributed by atoms with Crippen molar-refractivity contribution in [3.8, 4) is 0 Å². The van der Waals surface area contributed by atoms with E-state index in [2.05, 4.69) is 20.4 Å². The average molecular weight is 367 g/mol. The summed E-state index contributed by atoms with van der Waals surface area (Å²) in [6.45, 7) is 2.15. The van der Waals surface area contributed by atoms with Gasteiger partial charge in [-0.1, -0.05) is 6.07 Å². The third kappa shape index (κ3) is 3.67. The zero-order valence-electron chi connectivity index (χ0n) is 14.9. The van der Waals surface area contributed by atoms with Crippen LogP contribution in [0.3, 0.4) is 0 Å². The normalized spacial score (nSPS) is 17.2. The summed E-state index contributed by atoms with van der Waals surface area (Å²) in [5, 5.41) is 7.19. The van der Waals surface area contributed by atoms with E-state index in [1.165, 1.54) is 9.08 Å². The van der Waals surface area contributed by atoms with E-state index in [-0.39, 0.29) is 17.5 Å². The van der Waals surface area contributed by atoms with E-state index in [1.807, 2.05) is 11.0 Å². The summed E-state index contributed by atoms with van der Waals surface area (Å²) in [6, 6.07) is 7.17. The fourth-order valence-electron chi connectivity index (χ4n) is 3.37. The molecule has 1 saturated heterocycles. The van der Waals surface area contributed by atoms with Gasteiger partial charge in [-0.15, -0.1) is 5.10 Å². The minimum absolute atomic E-state index is 0.00700. The van der Waals surface area contributed by atoms with Crippen molar-refractivity contribution in [3.63, 3.8) is 0 Å². The Bertz CT molecular complexity index is 982. The number of rotatable bonds is 5. The van der Waals surface area contributed by atoms with Gasteiger partial charge < -0.3 is 10.2 Å². The minimum Gasteiger partial charge on any atom is -0.354 e. The van der Waals surface area contributed by atoms with E-state index < -0.39 is 0 Å². The number of carbonyl (C=O) groups excluding carboxylic acids is 1. The second-order valence-electron chi connectivity index (χ2n) is 6.56. The van der Waals surface area contributed by atoms with E-state index in [1.54, 1.807) is 36.8 Å². The zero-order chi connectivity index (χ0) is 18.6. The maximum atomic E-state index is 12.5. The number of fused-ring (bicyclic) bond motifs is 1. The van der Waals surface area contributed by atoms with Gasteiger partial charge in [0.1, 0.15) is 0 Å². The van der Waals surface area contributed by atoms with E-state index in [9.17, 15) is 9.59 Å². The molecule has 1 aliphatic heterocycles. The number of pyridine rings is 1. The minimum atomic E-state index is -0.204. The van der Waals surface area contributed by atoms with Gasteiger partial charge >= 0.3 is 5.69 Å². The highest BCUT2D eigenvalue weighted by Crippen LogP contribution is 2.19. The predicted molar refractivity (Wildman–Crippen MR) is 99.4 cm³/mol. The number of nitrogens with one attached hydrogen (secondary N) is 1. The number of piperidine rings is 1. The van der Waals surface area contributed by atoms with Gasteiger partial charge in [-0.2, -0.15) is 0 Å². The van der Waals surface area contributed by atoms with Crippen molar-refractivity contribution < 1.29 is 4.79 Å². The van der Waals surface area contributed by atoms with Gasteiger partial charge in [-0.25, -0.2) is 19.4 Å². The van der Waals surface area contributed by atoms with Crippen LogP contribution in [0.1, 0.15) is 12.8 Å². The molecule has 9 nitrogen and oxygen atoms in total. The molecule has 1 atom stereocenters. The van der Waals surface area contributed by atoms with Gasteiger partial charge in [0.25, 0.3) is 0 Å². The Hall–Kier alpha value is -3.23. The lowest BCUT2D eigenvalue weighted by Crippen LogP contribution is -2.44. The zero-order valence-corrected chi connectivity index (χ0v) is 14.9. The van der Waals surface area contributed by atoms with Crippen LogP contribution in [0.4, 0.5) is 5.95 Å². The average Bonchev–Trinajstić information content (AvgIpc) is 3.05. The number of hydrogen-bond donors (Lipinski definition) is 1. The molecule has 140 valence electrons. The molecule has 4 rings (SSSR count). The van der Waals surface area contributed by atoms with Crippen molar-refractivity contribution >= 4 is 17.5 Å². The lowest BCUT2D eigenvalue weighted by molar-refractivity contribution is -0.125. The SMILES string of the molecule is O=C(NCCn1nc2ccccn2c1=O)[C@H]1CCCN(c2ncccn2)C1. The monoisotopic (exact) mass is 367 g/mol. The summed E-state index contributed by atoms with van der Waals surface area (Å²) >= 11 is 0. The van der Waals surface area contributed by atoms with Crippen molar-refractivity contribution in [2.24, 2.45) is 5.92 Å². The molecule has 1 aliphatic rings. The molecule has 9 heteroatoms. The molecule has 3 aromatic rings. The Kier molecular flexibility index (Phi) is 4.82. The van der Waals surface area contributed by atoms with Crippen molar-refractivity contribution in [3.05, 3.63) is 53.3 Å². The molecular weight excluding hydrogens is 346 g/mol. The lowest BCUT2D eigenvalue weighted by atomic mass is 9.97. The standard InChI is InChI=1S/C18H21N7O2/c26-16(14-5-3-10-23(13-14)17-20-7-4-8-21-17)19-9-12-25-18(27)24-11-2-1-6-15(24)22-25/h1-2,4,6-8,11,14H,3,5,9-10,12-13H2,(H,19,26)/t14-/m0/s1. The molecule has 0 bridgehead atoms. The molecule has 0 spiro atoms. The van der Waals surface area contributed by atoms with Gasteiger partial charge in [-0.05, 0) is 31.0 Å². The van der Waals surface area contributed by atoms with Crippen molar-refractivity contribution in [2.45, 2.75) is 19.4 Å². The first-order valence-electron chi connectivity index (χ1n) is 9.06. The molecule has 0 unspecified atom stereocenters. The van der Waals surface area contributed by atoms with Crippen LogP contribution in [0.25, 0.3) is 5.65 Å². The van der Waals surface area contributed by atoms with Crippen molar-refractivity contribution in [1.82, 2.24) is 29.5 Å². The van der Waals surface area contributed by atoms with Crippen LogP contribution < -0.4 is 15.9 Å². The van der Waals surface area contributed by atoms with Gasteiger partial charge in [0, 0.05) is 38.2 Å². The van der Waals surface area contributed by atoms with Crippen LogP contribution in [-0.4, -0.2) is 49.7 Å². The Morgan fingerprint density at radius 3 is 2.89 bits per heavy atom. The highest BCUT2D eigenvalue weighted by molar-refractivity contribution is 5.79. The highest BCUT2D eigenvalue weighted by atomic mass is 16.2. The second-order valence-corrected chi connectivity index (χ2v) is 6.56. The summed E-state index contributed by atoms with van der Waals surface area (Å²) in [5.74, 6) is 0.541. The molecule has 27 heavy (non-hydrogen) atoms. The largest absolute Gasteiger partial charge is 0.354 e. The molecule has 4 heterocycles. The summed E-state index contributed by atoms with van der Waals surface area (Å²) in [7, 11) is 0.